The molecule has 2 N–H and O–H groups in total. The molecule has 4 heterocycles. The molecule has 0 unspecified atom stereocenters. The number of benzene rings is 1. The Kier molecular flexibility index (Phi) is 2.77. The molecule has 0 fully saturated rings. The van der Waals surface area contributed by atoms with E-state index in [2.05, 4.69) is 44.4 Å². The molecular formula is C21H17N5. The quantitative estimate of drug-likeness (QED) is 0.471. The summed E-state index contributed by atoms with van der Waals surface area (Å²) in [5, 5.41) is 10.7. The van der Waals surface area contributed by atoms with Gasteiger partial charge < -0.3 is 4.98 Å². The van der Waals surface area contributed by atoms with Gasteiger partial charge in [-0.3, -0.25) is 5.10 Å². The van der Waals surface area contributed by atoms with Crippen LogP contribution < -0.4 is 0 Å². The number of aromatic amines is 2. The summed E-state index contributed by atoms with van der Waals surface area (Å²) in [7, 11) is 0. The highest BCUT2D eigenvalue weighted by Gasteiger charge is 2.21. The largest absolute Gasteiger partial charge is 0.361 e. The van der Waals surface area contributed by atoms with E-state index in [1.54, 1.807) is 0 Å². The standard InChI is InChI=1S/C21H17N5/c1-2-4-15-14(3-1)19-16-10-24-26-21(16)23-11-18(19)25-20(15)13-5-6-17-12(9-13)7-8-22-17/h5-11,22H,1-4H2,(H,23,24,26). The van der Waals surface area contributed by atoms with Crippen LogP contribution in [0.2, 0.25) is 0 Å². The van der Waals surface area contributed by atoms with Crippen LogP contribution in [-0.4, -0.2) is 25.1 Å². The van der Waals surface area contributed by atoms with Crippen LogP contribution in [0, 0.1) is 0 Å². The van der Waals surface area contributed by atoms with Crippen molar-refractivity contribution >= 4 is 32.8 Å². The number of aryl methyl sites for hydroxylation is 1. The number of nitrogens with zero attached hydrogens (tertiary/aromatic N) is 3. The SMILES string of the molecule is c1cc2cc(-c3nc4cnc5[nH]ncc5c4c4c3CCCC4)ccc2[nH]1. The van der Waals surface area contributed by atoms with Crippen molar-refractivity contribution in [3.8, 4) is 11.3 Å². The second-order valence-corrected chi connectivity index (χ2v) is 7.06. The summed E-state index contributed by atoms with van der Waals surface area (Å²) in [6.45, 7) is 0. The molecule has 5 heteroatoms. The van der Waals surface area contributed by atoms with Gasteiger partial charge in [0.2, 0.25) is 0 Å². The summed E-state index contributed by atoms with van der Waals surface area (Å²) >= 11 is 0. The van der Waals surface area contributed by atoms with E-state index in [1.165, 1.54) is 40.3 Å². The zero-order chi connectivity index (χ0) is 17.1. The van der Waals surface area contributed by atoms with Crippen LogP contribution in [0.25, 0.3) is 44.1 Å². The van der Waals surface area contributed by atoms with Crippen LogP contribution >= 0.6 is 0 Å². The minimum absolute atomic E-state index is 0.841. The summed E-state index contributed by atoms with van der Waals surface area (Å²) in [6.07, 6.45) is 10.4. The molecule has 1 aliphatic carbocycles. The molecule has 126 valence electrons. The van der Waals surface area contributed by atoms with E-state index in [9.17, 15) is 0 Å². The van der Waals surface area contributed by atoms with Gasteiger partial charge in [-0.2, -0.15) is 5.10 Å². The molecule has 0 saturated heterocycles. The molecule has 0 radical (unpaired) electrons. The summed E-state index contributed by atoms with van der Waals surface area (Å²) in [6, 6.07) is 8.66. The summed E-state index contributed by atoms with van der Waals surface area (Å²) in [5.74, 6) is 0. The van der Waals surface area contributed by atoms with Gasteiger partial charge in [0.05, 0.1) is 23.6 Å². The van der Waals surface area contributed by atoms with Crippen molar-refractivity contribution in [3.05, 3.63) is 54.0 Å². The molecule has 5 nitrogen and oxygen atoms in total. The van der Waals surface area contributed by atoms with Gasteiger partial charge in [-0.15, -0.1) is 0 Å². The average molecular weight is 339 g/mol. The van der Waals surface area contributed by atoms with E-state index >= 15 is 0 Å². The Morgan fingerprint density at radius 3 is 2.85 bits per heavy atom. The molecule has 0 saturated carbocycles. The zero-order valence-electron chi connectivity index (χ0n) is 14.2. The summed E-state index contributed by atoms with van der Waals surface area (Å²) < 4.78 is 0. The maximum absolute atomic E-state index is 5.07. The highest BCUT2D eigenvalue weighted by atomic mass is 15.1. The number of pyridine rings is 2. The van der Waals surface area contributed by atoms with Gasteiger partial charge in [0.15, 0.2) is 5.65 Å². The first-order valence-corrected chi connectivity index (χ1v) is 9.09. The lowest BCUT2D eigenvalue weighted by atomic mass is 9.86. The van der Waals surface area contributed by atoms with Gasteiger partial charge in [0.1, 0.15) is 0 Å². The van der Waals surface area contributed by atoms with Gasteiger partial charge in [0, 0.05) is 33.4 Å². The second-order valence-electron chi connectivity index (χ2n) is 7.06. The Labute approximate surface area is 149 Å². The predicted octanol–water partition coefficient (Wildman–Crippen LogP) is 4.53. The van der Waals surface area contributed by atoms with E-state index in [0.29, 0.717) is 0 Å². The monoisotopic (exact) mass is 339 g/mol. The molecular weight excluding hydrogens is 322 g/mol. The van der Waals surface area contributed by atoms with E-state index in [1.807, 2.05) is 18.6 Å². The minimum atomic E-state index is 0.841. The molecule has 0 atom stereocenters. The maximum atomic E-state index is 5.07. The molecule has 5 aromatic rings. The van der Waals surface area contributed by atoms with E-state index < -0.39 is 0 Å². The Bertz CT molecular complexity index is 1290. The molecule has 6 rings (SSSR count). The van der Waals surface area contributed by atoms with E-state index in [0.717, 1.165) is 40.6 Å². The van der Waals surface area contributed by atoms with Gasteiger partial charge in [0.25, 0.3) is 0 Å². The van der Waals surface area contributed by atoms with Crippen LogP contribution in [0.3, 0.4) is 0 Å². The molecule has 0 amide bonds. The van der Waals surface area contributed by atoms with Crippen LogP contribution in [0.5, 0.6) is 0 Å². The first-order valence-electron chi connectivity index (χ1n) is 9.09. The molecule has 0 bridgehead atoms. The number of hydrogen-bond donors (Lipinski definition) is 2. The third kappa shape index (κ3) is 1.88. The second kappa shape index (κ2) is 5.14. The predicted molar refractivity (Wildman–Crippen MR) is 103 cm³/mol. The molecule has 1 aliphatic rings. The number of H-pyrrole nitrogens is 2. The van der Waals surface area contributed by atoms with E-state index in [4.69, 9.17) is 4.98 Å². The third-order valence-electron chi connectivity index (χ3n) is 5.58. The zero-order valence-corrected chi connectivity index (χ0v) is 14.2. The van der Waals surface area contributed by atoms with Crippen LogP contribution in [0.4, 0.5) is 0 Å². The maximum Gasteiger partial charge on any atom is 0.155 e. The van der Waals surface area contributed by atoms with Crippen molar-refractivity contribution in [2.45, 2.75) is 25.7 Å². The minimum Gasteiger partial charge on any atom is -0.361 e. The fraction of sp³-hybridized carbons (Fsp3) is 0.190. The van der Waals surface area contributed by atoms with Crippen molar-refractivity contribution < 1.29 is 0 Å². The smallest absolute Gasteiger partial charge is 0.155 e. The normalized spacial score (nSPS) is 14.3. The number of fused-ring (bicyclic) bond motifs is 6. The van der Waals surface area contributed by atoms with Crippen LogP contribution in [-0.2, 0) is 12.8 Å². The molecule has 1 aromatic carbocycles. The number of nitrogens with one attached hydrogen (secondary N) is 2. The molecule has 0 aliphatic heterocycles. The van der Waals surface area contributed by atoms with Crippen LogP contribution in [0.1, 0.15) is 24.0 Å². The lowest BCUT2D eigenvalue weighted by Gasteiger charge is -2.21. The first kappa shape index (κ1) is 14.0. The van der Waals surface area contributed by atoms with Gasteiger partial charge in [-0.05, 0) is 55.0 Å². The Balaban J connectivity index is 1.71. The Hall–Kier alpha value is -3.21. The van der Waals surface area contributed by atoms with Gasteiger partial charge in [-0.25, -0.2) is 9.97 Å². The number of aromatic nitrogens is 5. The van der Waals surface area contributed by atoms with E-state index in [-0.39, 0.29) is 0 Å². The Morgan fingerprint density at radius 2 is 1.88 bits per heavy atom. The molecule has 26 heavy (non-hydrogen) atoms. The fourth-order valence-electron chi connectivity index (χ4n) is 4.36. The Morgan fingerprint density at radius 1 is 0.962 bits per heavy atom. The molecule has 4 aromatic heterocycles. The summed E-state index contributed by atoms with van der Waals surface area (Å²) in [5.41, 5.74) is 8.08. The summed E-state index contributed by atoms with van der Waals surface area (Å²) in [4.78, 5) is 12.8. The first-order chi connectivity index (χ1) is 12.9. The van der Waals surface area contributed by atoms with Crippen molar-refractivity contribution in [3.63, 3.8) is 0 Å². The fourth-order valence-corrected chi connectivity index (χ4v) is 4.36. The average Bonchev–Trinajstić information content (AvgIpc) is 3.35. The van der Waals surface area contributed by atoms with Gasteiger partial charge >= 0.3 is 0 Å². The van der Waals surface area contributed by atoms with Crippen molar-refractivity contribution in [1.29, 1.82) is 0 Å². The highest BCUT2D eigenvalue weighted by molar-refractivity contribution is 6.06. The van der Waals surface area contributed by atoms with Crippen molar-refractivity contribution in [2.75, 3.05) is 0 Å². The van der Waals surface area contributed by atoms with Crippen LogP contribution in [0.15, 0.2) is 42.9 Å². The lowest BCUT2D eigenvalue weighted by Crippen LogP contribution is -2.08. The number of rotatable bonds is 1. The van der Waals surface area contributed by atoms with Crippen molar-refractivity contribution in [1.82, 2.24) is 25.1 Å². The third-order valence-corrected chi connectivity index (χ3v) is 5.58. The number of hydrogen-bond acceptors (Lipinski definition) is 3. The van der Waals surface area contributed by atoms with Crippen molar-refractivity contribution in [2.24, 2.45) is 0 Å². The topological polar surface area (TPSA) is 70.2 Å². The highest BCUT2D eigenvalue weighted by Crippen LogP contribution is 2.37. The van der Waals surface area contributed by atoms with Gasteiger partial charge in [-0.1, -0.05) is 6.07 Å². The lowest BCUT2D eigenvalue weighted by molar-refractivity contribution is 0.689. The molecule has 0 spiro atoms.